The van der Waals surface area contributed by atoms with Gasteiger partial charge in [0.2, 0.25) is 0 Å². The van der Waals surface area contributed by atoms with Gasteiger partial charge in [-0.25, -0.2) is 0 Å². The van der Waals surface area contributed by atoms with E-state index < -0.39 is 0 Å². The van der Waals surface area contributed by atoms with Crippen molar-refractivity contribution in [3.05, 3.63) is 0 Å². The molecule has 0 rings (SSSR count). The van der Waals surface area contributed by atoms with Crippen LogP contribution < -0.4 is 0 Å². The molecule has 8 nitrogen and oxygen atoms in total. The van der Waals surface area contributed by atoms with Gasteiger partial charge in [0.25, 0.3) is 0 Å². The highest BCUT2D eigenvalue weighted by atomic mass is 16.5. The summed E-state index contributed by atoms with van der Waals surface area (Å²) in [5.74, 6) is -0.537. The van der Waals surface area contributed by atoms with Crippen molar-refractivity contribution in [3.8, 4) is 0 Å². The Morgan fingerprint density at radius 2 is 0.443 bits per heavy atom. The zero-order valence-electron chi connectivity index (χ0n) is 47.4. The second-order valence-corrected chi connectivity index (χ2v) is 21.7. The number of esters is 3. The molecular weight excluding hydrogens is 871 g/mol. The number of aliphatic hydroxyl groups is 1. The van der Waals surface area contributed by atoms with Crippen molar-refractivity contribution >= 4 is 17.9 Å². The number of nitrogens with zero attached hydrogens (tertiary/aromatic N) is 1. The number of aliphatic hydroxyl groups excluding tert-OH is 1. The van der Waals surface area contributed by atoms with Crippen LogP contribution in [0.25, 0.3) is 0 Å². The molecule has 0 bridgehead atoms. The molecular formula is C62H122NO7+. The molecule has 0 saturated carbocycles. The monoisotopic (exact) mass is 993 g/mol. The van der Waals surface area contributed by atoms with Gasteiger partial charge in [-0.3, -0.25) is 14.4 Å². The molecule has 0 aromatic carbocycles. The first-order valence-electron chi connectivity index (χ1n) is 31.4. The Morgan fingerprint density at radius 1 is 0.271 bits per heavy atom. The standard InChI is InChI=1S/C62H122NO7/c1-4-7-10-13-16-19-22-25-28-31-34-37-40-43-46-49-60(65)68-57-53-63(52-56-64,54-58-69-61(66)50-47-44-41-38-35-32-29-26-23-20-17-14-11-8-5-2)55-59-70-62(67)51-48-45-42-39-36-33-30-27-24-21-18-15-12-9-6-3/h64H,4-59H2,1-3H3/q+1. The third-order valence-electron chi connectivity index (χ3n) is 15.0. The molecule has 0 aliphatic rings. The average Bonchev–Trinajstić information content (AvgIpc) is 3.35. The zero-order valence-corrected chi connectivity index (χ0v) is 47.4. The maximum absolute atomic E-state index is 12.8. The highest BCUT2D eigenvalue weighted by Crippen LogP contribution is 2.18. The zero-order chi connectivity index (χ0) is 51.0. The van der Waals surface area contributed by atoms with Crippen molar-refractivity contribution in [2.75, 3.05) is 52.6 Å². The maximum Gasteiger partial charge on any atom is 0.305 e. The van der Waals surface area contributed by atoms with E-state index >= 15 is 0 Å². The number of quaternary nitrogens is 1. The molecule has 416 valence electrons. The Hall–Kier alpha value is -1.67. The molecule has 0 aliphatic carbocycles. The van der Waals surface area contributed by atoms with Crippen LogP contribution in [-0.2, 0) is 28.6 Å². The van der Waals surface area contributed by atoms with Crippen LogP contribution in [0.4, 0.5) is 0 Å². The van der Waals surface area contributed by atoms with Crippen LogP contribution in [0.5, 0.6) is 0 Å². The van der Waals surface area contributed by atoms with Crippen LogP contribution in [0.3, 0.4) is 0 Å². The third kappa shape index (κ3) is 51.2. The number of unbranched alkanes of at least 4 members (excludes halogenated alkanes) is 42. The van der Waals surface area contributed by atoms with Crippen molar-refractivity contribution in [3.63, 3.8) is 0 Å². The van der Waals surface area contributed by atoms with E-state index in [1.54, 1.807) is 0 Å². The molecule has 0 aromatic rings. The van der Waals surface area contributed by atoms with Gasteiger partial charge in [0.15, 0.2) is 0 Å². The predicted octanol–water partition coefficient (Wildman–Crippen LogP) is 18.2. The Balaban J connectivity index is 4.59. The van der Waals surface area contributed by atoms with Gasteiger partial charge in [0.1, 0.15) is 46.0 Å². The second-order valence-electron chi connectivity index (χ2n) is 21.7. The van der Waals surface area contributed by atoms with Gasteiger partial charge in [-0.2, -0.15) is 0 Å². The van der Waals surface area contributed by atoms with E-state index in [1.807, 2.05) is 0 Å². The van der Waals surface area contributed by atoms with E-state index in [9.17, 15) is 19.5 Å². The lowest BCUT2D eigenvalue weighted by atomic mass is 10.0. The molecule has 0 saturated heterocycles. The Morgan fingerprint density at radius 3 is 0.614 bits per heavy atom. The smallest absolute Gasteiger partial charge is 0.305 e. The van der Waals surface area contributed by atoms with Crippen molar-refractivity contribution in [1.82, 2.24) is 0 Å². The molecule has 1 N–H and O–H groups in total. The summed E-state index contributed by atoms with van der Waals surface area (Å²) in [4.78, 5) is 38.3. The normalized spacial score (nSPS) is 11.7. The summed E-state index contributed by atoms with van der Waals surface area (Å²) in [5, 5.41) is 10.2. The summed E-state index contributed by atoms with van der Waals surface area (Å²) in [6.07, 6.45) is 59.2. The number of hydrogen-bond donors (Lipinski definition) is 1. The first kappa shape index (κ1) is 68.3. The minimum Gasteiger partial charge on any atom is -0.460 e. The van der Waals surface area contributed by atoms with Gasteiger partial charge >= 0.3 is 17.9 Å². The van der Waals surface area contributed by atoms with Crippen LogP contribution in [0.15, 0.2) is 0 Å². The van der Waals surface area contributed by atoms with E-state index in [0.717, 1.165) is 57.8 Å². The van der Waals surface area contributed by atoms with E-state index in [2.05, 4.69) is 20.8 Å². The fraction of sp³-hybridized carbons (Fsp3) is 0.952. The summed E-state index contributed by atoms with van der Waals surface area (Å²) in [7, 11) is 0. The van der Waals surface area contributed by atoms with Gasteiger partial charge in [-0.1, -0.05) is 290 Å². The molecule has 0 aromatic heterocycles. The Labute approximate surface area is 436 Å². The second kappa shape index (κ2) is 56.6. The van der Waals surface area contributed by atoms with E-state index in [0.29, 0.717) is 49.9 Å². The fourth-order valence-electron chi connectivity index (χ4n) is 10.1. The third-order valence-corrected chi connectivity index (χ3v) is 15.0. The molecule has 0 unspecified atom stereocenters. The van der Waals surface area contributed by atoms with Gasteiger partial charge in [0, 0.05) is 19.3 Å². The summed E-state index contributed by atoms with van der Waals surface area (Å²) < 4.78 is 17.6. The molecule has 0 radical (unpaired) electrons. The first-order valence-corrected chi connectivity index (χ1v) is 31.4. The minimum absolute atomic E-state index is 0.0623. The Kier molecular flexibility index (Phi) is 55.3. The average molecular weight is 994 g/mol. The fourth-order valence-corrected chi connectivity index (χ4v) is 10.1. The van der Waals surface area contributed by atoms with E-state index in [-0.39, 0.29) is 44.3 Å². The largest absolute Gasteiger partial charge is 0.460 e. The number of carbonyl (C=O) groups is 3. The van der Waals surface area contributed by atoms with E-state index in [1.165, 1.54) is 231 Å². The van der Waals surface area contributed by atoms with Crippen molar-refractivity contribution in [1.29, 1.82) is 0 Å². The van der Waals surface area contributed by atoms with Crippen LogP contribution in [0.2, 0.25) is 0 Å². The molecule has 0 spiro atoms. The van der Waals surface area contributed by atoms with E-state index in [4.69, 9.17) is 14.2 Å². The first-order chi connectivity index (χ1) is 34.4. The van der Waals surface area contributed by atoms with Crippen molar-refractivity contribution < 1.29 is 38.2 Å². The van der Waals surface area contributed by atoms with Crippen LogP contribution >= 0.6 is 0 Å². The number of hydrogen-bond acceptors (Lipinski definition) is 7. The lowest BCUT2D eigenvalue weighted by molar-refractivity contribution is -0.928. The molecule has 0 heterocycles. The van der Waals surface area contributed by atoms with Crippen LogP contribution in [-0.4, -0.2) is 80.1 Å². The van der Waals surface area contributed by atoms with Crippen molar-refractivity contribution in [2.24, 2.45) is 0 Å². The Bertz CT molecular complexity index is 958. The number of carbonyl (C=O) groups excluding carboxylic acids is 3. The summed E-state index contributed by atoms with van der Waals surface area (Å²) >= 11 is 0. The molecule has 70 heavy (non-hydrogen) atoms. The molecule has 8 heteroatoms. The minimum atomic E-state index is -0.179. The highest BCUT2D eigenvalue weighted by molar-refractivity contribution is 5.69. The topological polar surface area (TPSA) is 99.1 Å². The maximum atomic E-state index is 12.8. The van der Waals surface area contributed by atoms with Gasteiger partial charge in [0.05, 0.1) is 6.61 Å². The van der Waals surface area contributed by atoms with Gasteiger partial charge < -0.3 is 23.8 Å². The molecule has 0 amide bonds. The summed E-state index contributed by atoms with van der Waals surface area (Å²) in [6.45, 7) is 9.24. The van der Waals surface area contributed by atoms with Gasteiger partial charge in [-0.05, 0) is 19.3 Å². The number of ether oxygens (including phenoxy) is 3. The summed E-state index contributed by atoms with van der Waals surface area (Å²) in [6, 6.07) is 0. The SMILES string of the molecule is CCCCCCCCCCCCCCCCCC(=O)OCC[N+](CCO)(CCOC(=O)CCCCCCCCCCCCCCCCC)CCOC(=O)CCCCCCCCCCCCCCCCC. The van der Waals surface area contributed by atoms with Crippen LogP contribution in [0, 0.1) is 0 Å². The molecule has 0 aliphatic heterocycles. The predicted molar refractivity (Wildman–Crippen MR) is 298 cm³/mol. The quantitative estimate of drug-likeness (QED) is 0.0280. The lowest BCUT2D eigenvalue weighted by Gasteiger charge is -2.37. The number of rotatable bonds is 59. The highest BCUT2D eigenvalue weighted by Gasteiger charge is 2.28. The lowest BCUT2D eigenvalue weighted by Crippen LogP contribution is -2.55. The van der Waals surface area contributed by atoms with Crippen LogP contribution in [0.1, 0.15) is 329 Å². The molecule has 0 atom stereocenters. The summed E-state index contributed by atoms with van der Waals surface area (Å²) in [5.41, 5.74) is 0. The van der Waals surface area contributed by atoms with Gasteiger partial charge in [-0.15, -0.1) is 0 Å². The van der Waals surface area contributed by atoms with Crippen molar-refractivity contribution in [2.45, 2.75) is 329 Å². The molecule has 0 fully saturated rings.